The number of hydrogen-bond donors (Lipinski definition) is 1. The van der Waals surface area contributed by atoms with Gasteiger partial charge in [0.2, 0.25) is 5.91 Å². The highest BCUT2D eigenvalue weighted by Gasteiger charge is 2.35. The molecule has 15 heavy (non-hydrogen) atoms. The first-order valence-electron chi connectivity index (χ1n) is 3.83. The Hall–Kier alpha value is -1.30. The van der Waals surface area contributed by atoms with Crippen molar-refractivity contribution in [1.82, 2.24) is 4.98 Å². The van der Waals surface area contributed by atoms with Gasteiger partial charge in [-0.25, -0.2) is 4.98 Å². The normalized spacial score (nSPS) is 11.2. The average molecular weight is 239 g/mol. The topological polar surface area (TPSA) is 42.0 Å². The van der Waals surface area contributed by atoms with E-state index in [1.165, 1.54) is 6.07 Å². The van der Waals surface area contributed by atoms with Gasteiger partial charge in [0.15, 0.2) is 5.69 Å². The second-order valence-electron chi connectivity index (χ2n) is 2.58. The lowest BCUT2D eigenvalue weighted by Gasteiger charge is -2.11. The van der Waals surface area contributed by atoms with E-state index in [2.05, 4.69) is 4.98 Å². The minimum absolute atomic E-state index is 0.393. The minimum atomic E-state index is -4.60. The highest BCUT2D eigenvalue weighted by Crippen LogP contribution is 2.32. The molecule has 0 spiro atoms. The molecule has 1 amide bonds. The summed E-state index contributed by atoms with van der Waals surface area (Å²) in [5.74, 6) is -1.12. The molecule has 0 radical (unpaired) electrons. The molecule has 0 bridgehead atoms. The van der Waals surface area contributed by atoms with E-state index in [0.717, 1.165) is 12.3 Å². The molecule has 0 aliphatic carbocycles. The van der Waals surface area contributed by atoms with E-state index >= 15 is 0 Å². The fourth-order valence-corrected chi connectivity index (χ4v) is 0.982. The van der Waals surface area contributed by atoms with Crippen molar-refractivity contribution >= 4 is 23.2 Å². The predicted molar refractivity (Wildman–Crippen MR) is 48.6 cm³/mol. The van der Waals surface area contributed by atoms with Gasteiger partial charge in [0.05, 0.1) is 5.69 Å². The van der Waals surface area contributed by atoms with Crippen LogP contribution in [0.1, 0.15) is 5.69 Å². The first kappa shape index (κ1) is 11.8. The monoisotopic (exact) mass is 238 g/mol. The van der Waals surface area contributed by atoms with Crippen LogP contribution >= 0.6 is 11.6 Å². The first-order valence-corrected chi connectivity index (χ1v) is 4.36. The van der Waals surface area contributed by atoms with Crippen LogP contribution in [-0.2, 0) is 11.0 Å². The van der Waals surface area contributed by atoms with E-state index < -0.39 is 29.3 Å². The standard InChI is InChI=1S/C8H6ClF3N2O/c9-4-6(15)14-5-2-1-3-13-7(5)8(10,11)12/h1-3H,4H2,(H,14,15). The number of amides is 1. The van der Waals surface area contributed by atoms with Crippen LogP contribution in [0.3, 0.4) is 0 Å². The van der Waals surface area contributed by atoms with Gasteiger partial charge in [0.25, 0.3) is 0 Å². The molecule has 0 aliphatic heterocycles. The maximum atomic E-state index is 12.4. The molecule has 0 fully saturated rings. The maximum absolute atomic E-state index is 12.4. The number of aromatic nitrogens is 1. The molecule has 0 aromatic carbocycles. The summed E-state index contributed by atoms with van der Waals surface area (Å²) in [5.41, 5.74) is -1.53. The Morgan fingerprint density at radius 1 is 1.53 bits per heavy atom. The molecule has 0 saturated carbocycles. The molecular formula is C8H6ClF3N2O. The molecule has 82 valence electrons. The van der Waals surface area contributed by atoms with Crippen LogP contribution < -0.4 is 5.32 Å². The number of halogens is 4. The summed E-state index contributed by atoms with van der Waals surface area (Å²) in [6.45, 7) is 0. The van der Waals surface area contributed by atoms with Gasteiger partial charge in [0.1, 0.15) is 5.88 Å². The van der Waals surface area contributed by atoms with Crippen molar-refractivity contribution in [3.8, 4) is 0 Å². The van der Waals surface area contributed by atoms with Crippen molar-refractivity contribution < 1.29 is 18.0 Å². The van der Waals surface area contributed by atoms with E-state index in [0.29, 0.717) is 0 Å². The minimum Gasteiger partial charge on any atom is -0.323 e. The van der Waals surface area contributed by atoms with Crippen LogP contribution in [0.5, 0.6) is 0 Å². The number of carbonyl (C=O) groups excluding carboxylic acids is 1. The van der Waals surface area contributed by atoms with Crippen molar-refractivity contribution in [3.63, 3.8) is 0 Å². The quantitative estimate of drug-likeness (QED) is 0.803. The van der Waals surface area contributed by atoms with Crippen molar-refractivity contribution in [1.29, 1.82) is 0 Å². The second kappa shape index (κ2) is 4.48. The van der Waals surface area contributed by atoms with Gasteiger partial charge in [-0.05, 0) is 12.1 Å². The van der Waals surface area contributed by atoms with E-state index in [1.807, 2.05) is 5.32 Å². The molecule has 3 nitrogen and oxygen atoms in total. The maximum Gasteiger partial charge on any atom is 0.435 e. The predicted octanol–water partition coefficient (Wildman–Crippen LogP) is 2.28. The van der Waals surface area contributed by atoms with Gasteiger partial charge in [-0.1, -0.05) is 0 Å². The van der Waals surface area contributed by atoms with Gasteiger partial charge >= 0.3 is 6.18 Å². The van der Waals surface area contributed by atoms with Crippen molar-refractivity contribution in [2.45, 2.75) is 6.18 Å². The van der Waals surface area contributed by atoms with Gasteiger partial charge in [-0.2, -0.15) is 13.2 Å². The molecule has 1 rings (SSSR count). The lowest BCUT2D eigenvalue weighted by atomic mass is 10.3. The van der Waals surface area contributed by atoms with Gasteiger partial charge in [-0.3, -0.25) is 4.79 Å². The highest BCUT2D eigenvalue weighted by molar-refractivity contribution is 6.29. The molecule has 0 atom stereocenters. The number of hydrogen-bond acceptors (Lipinski definition) is 2. The number of pyridine rings is 1. The second-order valence-corrected chi connectivity index (χ2v) is 2.85. The lowest BCUT2D eigenvalue weighted by Crippen LogP contribution is -2.18. The van der Waals surface area contributed by atoms with Crippen molar-refractivity contribution in [3.05, 3.63) is 24.0 Å². The summed E-state index contributed by atoms with van der Waals surface area (Å²) in [6.07, 6.45) is -3.60. The Morgan fingerprint density at radius 2 is 2.20 bits per heavy atom. The fourth-order valence-electron chi connectivity index (χ4n) is 0.916. The summed E-state index contributed by atoms with van der Waals surface area (Å²) in [7, 11) is 0. The third-order valence-electron chi connectivity index (χ3n) is 1.47. The van der Waals surface area contributed by atoms with Crippen LogP contribution in [0.25, 0.3) is 0 Å². The number of anilines is 1. The van der Waals surface area contributed by atoms with Crippen LogP contribution in [0, 0.1) is 0 Å². The molecule has 0 saturated heterocycles. The third kappa shape index (κ3) is 3.09. The molecule has 0 unspecified atom stereocenters. The average Bonchev–Trinajstić information content (AvgIpc) is 2.17. The number of rotatable bonds is 2. The largest absolute Gasteiger partial charge is 0.435 e. The lowest BCUT2D eigenvalue weighted by molar-refractivity contribution is -0.140. The van der Waals surface area contributed by atoms with Gasteiger partial charge in [0, 0.05) is 6.20 Å². The third-order valence-corrected chi connectivity index (χ3v) is 1.71. The fraction of sp³-hybridized carbons (Fsp3) is 0.250. The van der Waals surface area contributed by atoms with E-state index in [4.69, 9.17) is 11.6 Å². The molecule has 1 aromatic heterocycles. The van der Waals surface area contributed by atoms with E-state index in [1.54, 1.807) is 0 Å². The Bertz CT molecular complexity index is 367. The zero-order valence-electron chi connectivity index (χ0n) is 7.31. The number of alkyl halides is 4. The summed E-state index contributed by atoms with van der Waals surface area (Å²) in [6, 6.07) is 2.40. The van der Waals surface area contributed by atoms with Gasteiger partial charge in [-0.15, -0.1) is 11.6 Å². The molecular weight excluding hydrogens is 233 g/mol. The number of nitrogens with one attached hydrogen (secondary N) is 1. The summed E-state index contributed by atoms with van der Waals surface area (Å²) >= 11 is 5.15. The zero-order chi connectivity index (χ0) is 11.5. The Labute approximate surface area is 88.3 Å². The van der Waals surface area contributed by atoms with Crippen LogP contribution in [0.2, 0.25) is 0 Å². The first-order chi connectivity index (χ1) is 6.95. The molecule has 0 aliphatic rings. The smallest absolute Gasteiger partial charge is 0.323 e. The van der Waals surface area contributed by atoms with Crippen LogP contribution in [0.15, 0.2) is 18.3 Å². The Morgan fingerprint density at radius 3 is 2.73 bits per heavy atom. The Balaban J connectivity index is 3.02. The summed E-state index contributed by atoms with van der Waals surface area (Å²) in [4.78, 5) is 14.0. The Kier molecular flexibility index (Phi) is 3.52. The highest BCUT2D eigenvalue weighted by atomic mass is 35.5. The zero-order valence-corrected chi connectivity index (χ0v) is 8.06. The summed E-state index contributed by atoms with van der Waals surface area (Å²) < 4.78 is 37.1. The van der Waals surface area contributed by atoms with E-state index in [9.17, 15) is 18.0 Å². The molecule has 1 aromatic rings. The summed E-state index contributed by atoms with van der Waals surface area (Å²) in [5, 5.41) is 2.01. The number of nitrogens with zero attached hydrogens (tertiary/aromatic N) is 1. The van der Waals surface area contributed by atoms with Crippen LogP contribution in [-0.4, -0.2) is 16.8 Å². The molecule has 1 heterocycles. The number of carbonyl (C=O) groups is 1. The SMILES string of the molecule is O=C(CCl)Nc1cccnc1C(F)(F)F. The van der Waals surface area contributed by atoms with Crippen molar-refractivity contribution in [2.24, 2.45) is 0 Å². The molecule has 7 heteroatoms. The van der Waals surface area contributed by atoms with Gasteiger partial charge < -0.3 is 5.32 Å². The van der Waals surface area contributed by atoms with Crippen LogP contribution in [0.4, 0.5) is 18.9 Å². The van der Waals surface area contributed by atoms with E-state index in [-0.39, 0.29) is 0 Å². The van der Waals surface area contributed by atoms with Crippen molar-refractivity contribution in [2.75, 3.05) is 11.2 Å². The molecule has 1 N–H and O–H groups in total.